The van der Waals surface area contributed by atoms with E-state index in [0.29, 0.717) is 16.3 Å². The summed E-state index contributed by atoms with van der Waals surface area (Å²) >= 11 is 5.93. The van der Waals surface area contributed by atoms with Crippen molar-refractivity contribution in [3.8, 4) is 5.75 Å². The summed E-state index contributed by atoms with van der Waals surface area (Å²) in [6, 6.07) is 9.84. The second kappa shape index (κ2) is 7.78. The van der Waals surface area contributed by atoms with Gasteiger partial charge < -0.3 is 10.1 Å². The van der Waals surface area contributed by atoms with Crippen molar-refractivity contribution in [1.82, 2.24) is 5.32 Å². The zero-order valence-corrected chi connectivity index (χ0v) is 14.4. The van der Waals surface area contributed by atoms with Gasteiger partial charge in [0.25, 0.3) is 5.91 Å². The maximum Gasteiger partial charge on any atom is 0.416 e. The Kier molecular flexibility index (Phi) is 5.95. The molecule has 3 nitrogen and oxygen atoms in total. The summed E-state index contributed by atoms with van der Waals surface area (Å²) in [7, 11) is 0. The van der Waals surface area contributed by atoms with Crippen molar-refractivity contribution in [1.29, 1.82) is 0 Å². The highest BCUT2D eigenvalue weighted by molar-refractivity contribution is 6.31. The quantitative estimate of drug-likeness (QED) is 0.823. The van der Waals surface area contributed by atoms with Gasteiger partial charge >= 0.3 is 6.18 Å². The Morgan fingerprint density at radius 3 is 2.60 bits per heavy atom. The first kappa shape index (κ1) is 19.1. The van der Waals surface area contributed by atoms with E-state index in [2.05, 4.69) is 5.32 Å². The summed E-state index contributed by atoms with van der Waals surface area (Å²) < 4.78 is 43.6. The largest absolute Gasteiger partial charge is 0.481 e. The van der Waals surface area contributed by atoms with Crippen LogP contribution >= 0.6 is 11.6 Å². The fourth-order valence-electron chi connectivity index (χ4n) is 2.14. The van der Waals surface area contributed by atoms with Gasteiger partial charge in [0.2, 0.25) is 0 Å². The molecule has 0 aliphatic heterocycles. The lowest BCUT2D eigenvalue weighted by atomic mass is 10.1. The fraction of sp³-hybridized carbons (Fsp3) is 0.278. The molecule has 0 aliphatic carbocycles. The topological polar surface area (TPSA) is 38.3 Å². The lowest BCUT2D eigenvalue weighted by Crippen LogP contribution is -2.35. The molecule has 0 radical (unpaired) electrons. The van der Waals surface area contributed by atoms with Gasteiger partial charge in [-0.3, -0.25) is 4.79 Å². The molecule has 0 spiro atoms. The maximum absolute atomic E-state index is 12.7. The van der Waals surface area contributed by atoms with Crippen molar-refractivity contribution in [2.24, 2.45) is 0 Å². The molecule has 2 aromatic rings. The van der Waals surface area contributed by atoms with Gasteiger partial charge in [0, 0.05) is 11.6 Å². The monoisotopic (exact) mass is 371 g/mol. The number of hydrogen-bond acceptors (Lipinski definition) is 2. The molecule has 7 heteroatoms. The Bertz CT molecular complexity index is 762. The number of ether oxygens (including phenoxy) is 1. The molecule has 0 saturated carbocycles. The van der Waals surface area contributed by atoms with Crippen LogP contribution in [0.1, 0.15) is 23.6 Å². The van der Waals surface area contributed by atoms with E-state index in [1.807, 2.05) is 6.92 Å². The van der Waals surface area contributed by atoms with E-state index in [1.165, 1.54) is 12.1 Å². The summed E-state index contributed by atoms with van der Waals surface area (Å²) in [5.74, 6) is 0.0635. The highest BCUT2D eigenvalue weighted by atomic mass is 35.5. The third-order valence-electron chi connectivity index (χ3n) is 3.53. The van der Waals surface area contributed by atoms with Gasteiger partial charge in [-0.2, -0.15) is 13.2 Å². The zero-order valence-electron chi connectivity index (χ0n) is 13.7. The van der Waals surface area contributed by atoms with Gasteiger partial charge in [0.05, 0.1) is 5.56 Å². The number of carbonyl (C=O) groups is 1. The van der Waals surface area contributed by atoms with Crippen molar-refractivity contribution < 1.29 is 22.7 Å². The van der Waals surface area contributed by atoms with Gasteiger partial charge in [-0.1, -0.05) is 23.7 Å². The van der Waals surface area contributed by atoms with Crippen molar-refractivity contribution in [2.75, 3.05) is 0 Å². The molecule has 25 heavy (non-hydrogen) atoms. The number of nitrogens with one attached hydrogen (secondary N) is 1. The predicted octanol–water partition coefficient (Wildman–Crippen LogP) is 4.75. The standard InChI is InChI=1S/C18H17ClF3NO2/c1-11-8-15(6-7-16(11)19)25-12(2)17(24)23-10-13-4-3-5-14(9-13)18(20,21)22/h3-9,12H,10H2,1-2H3,(H,23,24)/t12-/m1/s1. The van der Waals surface area contributed by atoms with Gasteiger partial charge in [0.15, 0.2) is 6.10 Å². The number of alkyl halides is 3. The van der Waals surface area contributed by atoms with Crippen LogP contribution in [0.2, 0.25) is 5.02 Å². The molecule has 0 saturated heterocycles. The fourth-order valence-corrected chi connectivity index (χ4v) is 2.26. The zero-order chi connectivity index (χ0) is 18.6. The second-order valence-electron chi connectivity index (χ2n) is 5.59. The van der Waals surface area contributed by atoms with Crippen LogP contribution in [0.15, 0.2) is 42.5 Å². The molecular formula is C18H17ClF3NO2. The number of hydrogen-bond donors (Lipinski definition) is 1. The van der Waals surface area contributed by atoms with Crippen LogP contribution in [-0.4, -0.2) is 12.0 Å². The number of halogens is 4. The Balaban J connectivity index is 1.94. The first-order valence-corrected chi connectivity index (χ1v) is 7.91. The molecule has 2 rings (SSSR count). The third kappa shape index (κ3) is 5.39. The van der Waals surface area contributed by atoms with E-state index in [1.54, 1.807) is 25.1 Å². The summed E-state index contributed by atoms with van der Waals surface area (Å²) in [5, 5.41) is 3.16. The highest BCUT2D eigenvalue weighted by Crippen LogP contribution is 2.29. The van der Waals surface area contributed by atoms with Crippen LogP contribution in [0.4, 0.5) is 13.2 Å². The third-order valence-corrected chi connectivity index (χ3v) is 3.96. The Morgan fingerprint density at radius 1 is 1.24 bits per heavy atom. The van der Waals surface area contributed by atoms with E-state index in [9.17, 15) is 18.0 Å². The van der Waals surface area contributed by atoms with E-state index in [-0.39, 0.29) is 6.54 Å². The average molecular weight is 372 g/mol. The number of amides is 1. The molecule has 0 unspecified atom stereocenters. The number of aryl methyl sites for hydroxylation is 1. The Morgan fingerprint density at radius 2 is 1.96 bits per heavy atom. The first-order chi connectivity index (χ1) is 11.7. The molecular weight excluding hydrogens is 355 g/mol. The SMILES string of the molecule is Cc1cc(O[C@H](C)C(=O)NCc2cccc(C(F)(F)F)c2)ccc1Cl. The summed E-state index contributed by atoms with van der Waals surface area (Å²) in [5.41, 5.74) is 0.425. The van der Waals surface area contributed by atoms with Crippen molar-refractivity contribution in [3.05, 3.63) is 64.2 Å². The minimum atomic E-state index is -4.41. The minimum Gasteiger partial charge on any atom is -0.481 e. The number of rotatable bonds is 5. The van der Waals surface area contributed by atoms with Crippen LogP contribution in [0.25, 0.3) is 0 Å². The second-order valence-corrected chi connectivity index (χ2v) is 5.99. The van der Waals surface area contributed by atoms with Crippen molar-refractivity contribution in [2.45, 2.75) is 32.7 Å². The van der Waals surface area contributed by atoms with Crippen LogP contribution in [-0.2, 0) is 17.5 Å². The molecule has 0 bridgehead atoms. The Labute approximate surface area is 148 Å². The predicted molar refractivity (Wildman–Crippen MR) is 89.6 cm³/mol. The summed E-state index contributed by atoms with van der Waals surface area (Å²) in [4.78, 5) is 12.1. The van der Waals surface area contributed by atoms with Gasteiger partial charge in [-0.25, -0.2) is 0 Å². The van der Waals surface area contributed by atoms with E-state index < -0.39 is 23.8 Å². The summed E-state index contributed by atoms with van der Waals surface area (Å²) in [6.07, 6.45) is -5.21. The van der Waals surface area contributed by atoms with Crippen molar-refractivity contribution >= 4 is 17.5 Å². The van der Waals surface area contributed by atoms with E-state index in [4.69, 9.17) is 16.3 Å². The van der Waals surface area contributed by atoms with Gasteiger partial charge in [0.1, 0.15) is 5.75 Å². The van der Waals surface area contributed by atoms with Crippen molar-refractivity contribution in [3.63, 3.8) is 0 Å². The van der Waals surface area contributed by atoms with Crippen LogP contribution < -0.4 is 10.1 Å². The van der Waals surface area contributed by atoms with E-state index in [0.717, 1.165) is 17.7 Å². The molecule has 134 valence electrons. The van der Waals surface area contributed by atoms with Crippen LogP contribution in [0.5, 0.6) is 5.75 Å². The molecule has 0 aromatic heterocycles. The minimum absolute atomic E-state index is 0.0178. The van der Waals surface area contributed by atoms with Crippen LogP contribution in [0.3, 0.4) is 0 Å². The maximum atomic E-state index is 12.7. The number of benzene rings is 2. The average Bonchev–Trinajstić information content (AvgIpc) is 2.55. The molecule has 2 aromatic carbocycles. The normalized spacial score (nSPS) is 12.6. The highest BCUT2D eigenvalue weighted by Gasteiger charge is 2.30. The Hall–Kier alpha value is -2.21. The van der Waals surface area contributed by atoms with Gasteiger partial charge in [-0.15, -0.1) is 0 Å². The van der Waals surface area contributed by atoms with Gasteiger partial charge in [-0.05, 0) is 55.3 Å². The lowest BCUT2D eigenvalue weighted by Gasteiger charge is -2.16. The molecule has 1 N–H and O–H groups in total. The number of carbonyl (C=O) groups excluding carboxylic acids is 1. The first-order valence-electron chi connectivity index (χ1n) is 7.53. The lowest BCUT2D eigenvalue weighted by molar-refractivity contribution is -0.137. The van der Waals surface area contributed by atoms with Crippen LogP contribution in [0, 0.1) is 6.92 Å². The molecule has 1 atom stereocenters. The molecule has 1 amide bonds. The smallest absolute Gasteiger partial charge is 0.416 e. The summed E-state index contributed by atoms with van der Waals surface area (Å²) in [6.45, 7) is 3.36. The van der Waals surface area contributed by atoms with E-state index >= 15 is 0 Å². The molecule has 0 heterocycles. The molecule has 0 aliphatic rings. The molecule has 0 fully saturated rings.